The van der Waals surface area contributed by atoms with E-state index in [9.17, 15) is 23.4 Å². The van der Waals surface area contributed by atoms with Crippen molar-refractivity contribution in [2.24, 2.45) is 5.11 Å². The van der Waals surface area contributed by atoms with Gasteiger partial charge in [-0.1, -0.05) is 38.8 Å². The molecule has 2 rings (SSSR count). The van der Waals surface area contributed by atoms with E-state index in [4.69, 9.17) is 10.1 Å². The Balaban J connectivity index is 1.85. The molecule has 0 aliphatic rings. The van der Waals surface area contributed by atoms with Crippen LogP contribution in [0, 0.1) is 0 Å². The number of aromatic nitrogens is 1. The van der Waals surface area contributed by atoms with Crippen LogP contribution in [0.15, 0.2) is 45.2 Å². The Morgan fingerprint density at radius 2 is 1.96 bits per heavy atom. The van der Waals surface area contributed by atoms with Gasteiger partial charge in [-0.2, -0.15) is 8.42 Å². The van der Waals surface area contributed by atoms with E-state index in [-0.39, 0.29) is 11.2 Å². The highest BCUT2D eigenvalue weighted by molar-refractivity contribution is 8.76. The zero-order valence-corrected chi connectivity index (χ0v) is 15.7. The summed E-state index contributed by atoms with van der Waals surface area (Å²) in [4.78, 5) is 19.0. The molecule has 2 aromatic rings. The number of carbonyl (C=O) groups excluding carboxylic acids is 1. The summed E-state index contributed by atoms with van der Waals surface area (Å²) in [7, 11) is -2.10. The van der Waals surface area contributed by atoms with Crippen molar-refractivity contribution >= 4 is 43.4 Å². The molecule has 0 spiro atoms. The molecule has 11 nitrogen and oxygen atoms in total. The fourth-order valence-electron chi connectivity index (χ4n) is 1.73. The van der Waals surface area contributed by atoms with Crippen molar-refractivity contribution in [3.8, 4) is 11.8 Å². The highest BCUT2D eigenvalue weighted by atomic mass is 33.1. The molecule has 0 amide bonds. The third-order valence-electron chi connectivity index (χ3n) is 2.89. The molecule has 1 heterocycles. The lowest BCUT2D eigenvalue weighted by Gasteiger charge is -2.07. The van der Waals surface area contributed by atoms with Gasteiger partial charge in [-0.15, -0.1) is 4.73 Å². The number of hydrogen-bond donors (Lipinski definition) is 3. The number of nitrogens with zero attached hydrogens (tertiary/aromatic N) is 4. The Labute approximate surface area is 160 Å². The molecular weight excluding hydrogens is 420 g/mol. The first-order chi connectivity index (χ1) is 12.7. The van der Waals surface area contributed by atoms with Crippen LogP contribution >= 0.6 is 21.6 Å². The summed E-state index contributed by atoms with van der Waals surface area (Å²) in [5, 5.41) is 22.6. The molecule has 1 aromatic carbocycles. The Bertz CT molecular complexity index is 982. The lowest BCUT2D eigenvalue weighted by atomic mass is 10.3. The fraction of sp³-hybridized carbons (Fsp3) is 0.154. The summed E-state index contributed by atoms with van der Waals surface area (Å²) in [5.41, 5.74) is 8.80. The maximum atomic E-state index is 11.8. The molecule has 14 heteroatoms. The largest absolute Gasteiger partial charge is 0.492 e. The quantitative estimate of drug-likeness (QED) is 0.141. The van der Waals surface area contributed by atoms with Crippen LogP contribution in [0.2, 0.25) is 0 Å². The summed E-state index contributed by atoms with van der Waals surface area (Å²) >= 11 is 0. The minimum Gasteiger partial charge on any atom is -0.492 e. The first-order valence-electron chi connectivity index (χ1n) is 6.99. The van der Waals surface area contributed by atoms with E-state index in [1.165, 1.54) is 21.6 Å². The summed E-state index contributed by atoms with van der Waals surface area (Å²) in [6.45, 7) is 0. The molecule has 27 heavy (non-hydrogen) atoms. The van der Waals surface area contributed by atoms with E-state index in [1.807, 2.05) is 0 Å². The van der Waals surface area contributed by atoms with Crippen molar-refractivity contribution in [2.45, 2.75) is 16.2 Å². The molecule has 0 bridgehead atoms. The van der Waals surface area contributed by atoms with Crippen LogP contribution in [-0.4, -0.2) is 39.6 Å². The van der Waals surface area contributed by atoms with Gasteiger partial charge in [0, 0.05) is 27.3 Å². The van der Waals surface area contributed by atoms with Gasteiger partial charge in [-0.25, -0.2) is 4.79 Å². The number of rotatable bonds is 8. The molecular formula is C13H12N4O7S3. The molecule has 0 aliphatic heterocycles. The van der Waals surface area contributed by atoms with E-state index in [2.05, 4.69) is 14.9 Å². The highest BCUT2D eigenvalue weighted by Crippen LogP contribution is 2.33. The molecule has 0 aliphatic carbocycles. The third-order valence-corrected chi connectivity index (χ3v) is 6.13. The number of hydrogen-bond acceptors (Lipinski definition) is 9. The minimum atomic E-state index is -4.79. The van der Waals surface area contributed by atoms with Gasteiger partial charge in [-0.05, 0) is 17.7 Å². The normalized spacial score (nSPS) is 11.0. The van der Waals surface area contributed by atoms with E-state index in [0.717, 1.165) is 4.90 Å². The zero-order chi connectivity index (χ0) is 20.0. The number of carbonyl (C=O) groups is 1. The molecule has 0 fully saturated rings. The molecule has 1 aromatic heterocycles. The second-order valence-corrected chi connectivity index (χ2v) is 8.64. The predicted octanol–water partition coefficient (Wildman–Crippen LogP) is 2.87. The van der Waals surface area contributed by atoms with Crippen LogP contribution in [0.5, 0.6) is 11.8 Å². The Morgan fingerprint density at radius 1 is 1.30 bits per heavy atom. The second-order valence-electron chi connectivity index (χ2n) is 4.76. The van der Waals surface area contributed by atoms with Crippen molar-refractivity contribution < 1.29 is 32.8 Å². The summed E-state index contributed by atoms with van der Waals surface area (Å²) in [5.74, 6) is -2.51. The first kappa shape index (κ1) is 20.8. The molecule has 0 saturated carbocycles. The maximum absolute atomic E-state index is 11.8. The maximum Gasteiger partial charge on any atom is 0.334 e. The summed E-state index contributed by atoms with van der Waals surface area (Å²) < 4.78 is 31.1. The SMILES string of the molecule is [N-]=[N+]=Nc1ccc(SSCCC(=O)On2c(O)cc(S(=O)(=O)O)c2O)cc1. The van der Waals surface area contributed by atoms with Gasteiger partial charge < -0.3 is 15.1 Å². The monoisotopic (exact) mass is 432 g/mol. The van der Waals surface area contributed by atoms with Gasteiger partial charge >= 0.3 is 5.97 Å². The van der Waals surface area contributed by atoms with E-state index in [0.29, 0.717) is 17.5 Å². The Hall–Kier alpha value is -2.51. The van der Waals surface area contributed by atoms with Crippen LogP contribution in [0.4, 0.5) is 5.69 Å². The fourth-order valence-corrected chi connectivity index (χ4v) is 4.26. The number of benzene rings is 1. The predicted molar refractivity (Wildman–Crippen MR) is 97.3 cm³/mol. The standard InChI is InChI=1S/C13H12N4O7S3/c14-16-15-8-1-3-9(4-2-8)26-25-6-5-12(19)24-17-11(18)7-10(13(17)20)27(21,22)23/h1-4,7,18,20H,5-6H2,(H,21,22,23). The molecule has 3 N–H and O–H groups in total. The van der Waals surface area contributed by atoms with Gasteiger partial charge in [-0.3, -0.25) is 4.55 Å². The topological polar surface area (TPSA) is 175 Å². The van der Waals surface area contributed by atoms with Gasteiger partial charge in [0.15, 0.2) is 4.90 Å². The van der Waals surface area contributed by atoms with Crippen LogP contribution in [0.25, 0.3) is 10.4 Å². The Kier molecular flexibility index (Phi) is 6.87. The van der Waals surface area contributed by atoms with Gasteiger partial charge in [0.05, 0.1) is 6.42 Å². The van der Waals surface area contributed by atoms with Gasteiger partial charge in [0.2, 0.25) is 5.88 Å². The van der Waals surface area contributed by atoms with Crippen molar-refractivity contribution in [1.82, 2.24) is 4.73 Å². The van der Waals surface area contributed by atoms with E-state index < -0.39 is 32.7 Å². The molecule has 0 radical (unpaired) electrons. The van der Waals surface area contributed by atoms with Crippen molar-refractivity contribution in [3.63, 3.8) is 0 Å². The molecule has 0 saturated heterocycles. The smallest absolute Gasteiger partial charge is 0.334 e. The lowest BCUT2D eigenvalue weighted by Crippen LogP contribution is -2.19. The zero-order valence-electron chi connectivity index (χ0n) is 13.3. The summed E-state index contributed by atoms with van der Waals surface area (Å²) in [6.07, 6.45) is -0.104. The van der Waals surface area contributed by atoms with Crippen LogP contribution in [0.3, 0.4) is 0 Å². The van der Waals surface area contributed by atoms with Crippen LogP contribution in [-0.2, 0) is 14.9 Å². The van der Waals surface area contributed by atoms with Gasteiger partial charge in [0.25, 0.3) is 16.0 Å². The third kappa shape index (κ3) is 5.74. The van der Waals surface area contributed by atoms with E-state index >= 15 is 0 Å². The van der Waals surface area contributed by atoms with Gasteiger partial charge in [0.1, 0.15) is 0 Å². The van der Waals surface area contributed by atoms with E-state index in [1.54, 1.807) is 24.3 Å². The van der Waals surface area contributed by atoms with Crippen molar-refractivity contribution in [1.29, 1.82) is 0 Å². The van der Waals surface area contributed by atoms with Crippen LogP contribution < -0.4 is 4.84 Å². The van der Waals surface area contributed by atoms with Crippen molar-refractivity contribution in [2.75, 3.05) is 5.75 Å². The van der Waals surface area contributed by atoms with Crippen molar-refractivity contribution in [3.05, 3.63) is 40.8 Å². The second kappa shape index (κ2) is 8.92. The molecule has 0 atom stereocenters. The average molecular weight is 432 g/mol. The lowest BCUT2D eigenvalue weighted by molar-refractivity contribution is -0.144. The average Bonchev–Trinajstić information content (AvgIpc) is 2.89. The number of azide groups is 1. The highest BCUT2D eigenvalue weighted by Gasteiger charge is 2.25. The first-order valence-corrected chi connectivity index (χ1v) is 10.7. The minimum absolute atomic E-state index is 0.104. The Morgan fingerprint density at radius 3 is 2.52 bits per heavy atom. The number of aromatic hydroxyl groups is 2. The molecule has 0 unspecified atom stereocenters. The molecule has 144 valence electrons. The van der Waals surface area contributed by atoms with Crippen LogP contribution in [0.1, 0.15) is 6.42 Å². The summed E-state index contributed by atoms with van der Waals surface area (Å²) in [6, 6.07) is 7.31.